The summed E-state index contributed by atoms with van der Waals surface area (Å²) in [5.41, 5.74) is -3.05. The smallest absolute Gasteiger partial charge is 0.417 e. The lowest BCUT2D eigenvalue weighted by atomic mass is 10.0. The summed E-state index contributed by atoms with van der Waals surface area (Å²) >= 11 is 0.801. The standard InChI is InChI=1S/C26H28F3N4O6PS2/c1-32-6-9-33(10-7-32,11-8-32)12-13-39-21-4-5-23-20(14-21)16-24(41-23)42(37,38)31-25(40(34,35)36)18-2-3-19(17-30)22(15-18)26(27,28)29/h2-5,14-16,25,31H,6-13H2,1H3. The van der Waals surface area contributed by atoms with E-state index < -0.39 is 46.3 Å². The Balaban J connectivity index is 1.34. The van der Waals surface area contributed by atoms with Gasteiger partial charge in [0.1, 0.15) is 62.4 Å². The van der Waals surface area contributed by atoms with Gasteiger partial charge in [0, 0.05) is 4.70 Å². The van der Waals surface area contributed by atoms with Gasteiger partial charge < -0.3 is 28.1 Å². The number of likely N-dealkylation sites (N-methyl/N-ethyl adjacent to an activating group) is 1. The average molecular weight is 645 g/mol. The average Bonchev–Trinajstić information content (AvgIpc) is 3.36. The summed E-state index contributed by atoms with van der Waals surface area (Å²) in [7, 11) is -8.22. The molecule has 1 unspecified atom stereocenters. The van der Waals surface area contributed by atoms with Crippen LogP contribution in [0.25, 0.3) is 10.1 Å². The van der Waals surface area contributed by atoms with Crippen molar-refractivity contribution in [3.05, 3.63) is 59.2 Å². The molecule has 3 fully saturated rings. The molecule has 3 aliphatic rings. The summed E-state index contributed by atoms with van der Waals surface area (Å²) < 4.78 is 88.7. The van der Waals surface area contributed by atoms with E-state index in [4.69, 9.17) is 10.00 Å². The fourth-order valence-corrected chi connectivity index (χ4v) is 9.44. The summed E-state index contributed by atoms with van der Waals surface area (Å²) in [5, 5.41) is 9.48. The molecule has 1 N–H and O–H groups in total. The van der Waals surface area contributed by atoms with Gasteiger partial charge in [0.2, 0.25) is 0 Å². The number of quaternary nitrogens is 2. The van der Waals surface area contributed by atoms with Gasteiger partial charge in [-0.3, -0.25) is 0 Å². The van der Waals surface area contributed by atoms with Crippen molar-refractivity contribution in [2.45, 2.75) is 16.2 Å². The van der Waals surface area contributed by atoms with Crippen LogP contribution in [0.3, 0.4) is 0 Å². The molecule has 42 heavy (non-hydrogen) atoms. The van der Waals surface area contributed by atoms with Crippen molar-refractivity contribution >= 4 is 39.0 Å². The van der Waals surface area contributed by atoms with Crippen LogP contribution in [0.4, 0.5) is 13.2 Å². The van der Waals surface area contributed by atoms with Crippen molar-refractivity contribution in [1.29, 1.82) is 5.26 Å². The molecule has 2 bridgehead atoms. The number of nitrogens with zero attached hydrogens (tertiary/aromatic N) is 3. The molecule has 4 heterocycles. The number of hydrogen-bond donors (Lipinski definition) is 1. The molecular weight excluding hydrogens is 616 g/mol. The van der Waals surface area contributed by atoms with Gasteiger partial charge in [-0.05, 0) is 54.9 Å². The van der Waals surface area contributed by atoms with Gasteiger partial charge in [0.05, 0.1) is 30.0 Å². The lowest BCUT2D eigenvalue weighted by Gasteiger charge is -2.53. The number of nitriles is 1. The molecule has 16 heteroatoms. The van der Waals surface area contributed by atoms with Gasteiger partial charge in [-0.1, -0.05) is 6.07 Å². The highest BCUT2D eigenvalue weighted by Gasteiger charge is 2.46. The Kier molecular flexibility index (Phi) is 8.00. The van der Waals surface area contributed by atoms with Crippen molar-refractivity contribution in [1.82, 2.24) is 4.72 Å². The van der Waals surface area contributed by atoms with Crippen molar-refractivity contribution in [3.8, 4) is 11.8 Å². The van der Waals surface area contributed by atoms with E-state index in [-0.39, 0.29) is 4.21 Å². The Morgan fingerprint density at radius 3 is 2.36 bits per heavy atom. The van der Waals surface area contributed by atoms with Gasteiger partial charge >= 0.3 is 6.18 Å². The van der Waals surface area contributed by atoms with Crippen LogP contribution in [-0.2, 0) is 20.8 Å². The molecule has 0 amide bonds. The fraction of sp³-hybridized carbons (Fsp3) is 0.423. The Labute approximate surface area is 244 Å². The number of thiophene rings is 1. The number of alkyl halides is 3. The van der Waals surface area contributed by atoms with Crippen molar-refractivity contribution in [3.63, 3.8) is 0 Å². The minimum Gasteiger partial charge on any atom is -0.809 e. The molecule has 226 valence electrons. The molecule has 3 aliphatic heterocycles. The third-order valence-electron chi connectivity index (χ3n) is 8.28. The Morgan fingerprint density at radius 1 is 1.10 bits per heavy atom. The van der Waals surface area contributed by atoms with Crippen molar-refractivity contribution in [2.24, 2.45) is 0 Å². The van der Waals surface area contributed by atoms with Gasteiger partial charge in [0.25, 0.3) is 10.0 Å². The number of nitrogens with one attached hydrogen (secondary N) is 1. The first-order chi connectivity index (χ1) is 19.5. The molecule has 3 aromatic rings. The normalized spacial score (nSPS) is 23.5. The van der Waals surface area contributed by atoms with Gasteiger partial charge in [-0.25, -0.2) is 8.42 Å². The quantitative estimate of drug-likeness (QED) is 0.278. The fourth-order valence-electron chi connectivity index (χ4n) is 5.53. The minimum absolute atomic E-state index is 0.291. The third kappa shape index (κ3) is 6.36. The van der Waals surface area contributed by atoms with Gasteiger partial charge in [-0.2, -0.15) is 23.2 Å². The molecule has 0 saturated carbocycles. The molecule has 2 aromatic carbocycles. The highest BCUT2D eigenvalue weighted by Crippen LogP contribution is 2.45. The zero-order valence-corrected chi connectivity index (χ0v) is 25.0. The van der Waals surface area contributed by atoms with Crippen LogP contribution in [0.5, 0.6) is 5.75 Å². The summed E-state index contributed by atoms with van der Waals surface area (Å²) in [6.07, 6.45) is -5.04. The number of sulfonamides is 1. The molecule has 1 aromatic heterocycles. The molecule has 0 aliphatic carbocycles. The monoisotopic (exact) mass is 644 g/mol. The first-order valence-electron chi connectivity index (χ1n) is 13.0. The van der Waals surface area contributed by atoms with Crippen LogP contribution in [-0.4, -0.2) is 76.9 Å². The largest absolute Gasteiger partial charge is 0.809 e. The van der Waals surface area contributed by atoms with Crippen LogP contribution in [0.1, 0.15) is 22.5 Å². The summed E-state index contributed by atoms with van der Waals surface area (Å²) in [6, 6.07) is 9.42. The van der Waals surface area contributed by atoms with Crippen molar-refractivity contribution in [2.75, 3.05) is 59.5 Å². The number of hydrogen-bond acceptors (Lipinski definition) is 8. The first-order valence-corrected chi connectivity index (χ1v) is 16.9. The zero-order valence-electron chi connectivity index (χ0n) is 22.5. The number of ether oxygens (including phenoxy) is 1. The predicted molar refractivity (Wildman–Crippen MR) is 145 cm³/mol. The summed E-state index contributed by atoms with van der Waals surface area (Å²) in [6.45, 7) is 8.12. The van der Waals surface area contributed by atoms with Crippen LogP contribution < -0.4 is 19.2 Å². The second kappa shape index (κ2) is 10.9. The van der Waals surface area contributed by atoms with Gasteiger partial charge in [0.15, 0.2) is 0 Å². The lowest BCUT2D eigenvalue weighted by molar-refractivity contribution is -1.07. The molecule has 0 radical (unpaired) electrons. The number of halogens is 3. The molecule has 0 spiro atoms. The van der Waals surface area contributed by atoms with E-state index >= 15 is 0 Å². The zero-order chi connectivity index (χ0) is 30.6. The second-order valence-electron chi connectivity index (χ2n) is 11.1. The van der Waals surface area contributed by atoms with Crippen LogP contribution >= 0.6 is 18.9 Å². The van der Waals surface area contributed by atoms with Crippen molar-refractivity contribution < 1.29 is 49.6 Å². The maximum atomic E-state index is 13.4. The third-order valence-corrected chi connectivity index (χ3v) is 12.5. The number of fused-ring (bicyclic) bond motifs is 4. The van der Waals surface area contributed by atoms with E-state index in [0.717, 1.165) is 72.2 Å². The van der Waals surface area contributed by atoms with E-state index in [0.29, 0.717) is 34.6 Å². The topological polar surface area (TPSA) is 142 Å². The molecule has 3 saturated heterocycles. The summed E-state index contributed by atoms with van der Waals surface area (Å²) in [4.78, 5) is 24.1. The van der Waals surface area contributed by atoms with Crippen LogP contribution in [0.15, 0.2) is 46.7 Å². The predicted octanol–water partition coefficient (Wildman–Crippen LogP) is 2.35. The Morgan fingerprint density at radius 2 is 1.76 bits per heavy atom. The number of piperazine rings is 3. The number of rotatable bonds is 9. The van der Waals surface area contributed by atoms with E-state index in [1.165, 1.54) is 12.1 Å². The highest BCUT2D eigenvalue weighted by molar-refractivity contribution is 7.92. The van der Waals surface area contributed by atoms with E-state index in [1.807, 2.05) is 0 Å². The van der Waals surface area contributed by atoms with Crippen LogP contribution in [0, 0.1) is 11.3 Å². The lowest BCUT2D eigenvalue weighted by Crippen LogP contribution is -2.74. The minimum atomic E-state index is -5.85. The Hall–Kier alpha value is -2.54. The first kappa shape index (κ1) is 30.9. The number of benzene rings is 2. The maximum absolute atomic E-state index is 13.4. The Bertz CT molecular complexity index is 1690. The maximum Gasteiger partial charge on any atom is 0.417 e. The molecule has 1 atom stereocenters. The van der Waals surface area contributed by atoms with Gasteiger partial charge in [-0.15, -0.1) is 11.3 Å². The molecular formula is C26H28F3N4O6PS2. The van der Waals surface area contributed by atoms with E-state index in [2.05, 4.69) is 7.05 Å². The summed E-state index contributed by atoms with van der Waals surface area (Å²) in [5.74, 6) is -2.00. The SMILES string of the molecule is C[N+]12CC[N+](CCOc3ccc4sc(S(=O)(=O)NC(c5ccc(C#N)c(C(F)(F)F)c5)P(=O)([O-])[O-])cc4c3)(CC1)CC2. The highest BCUT2D eigenvalue weighted by atomic mass is 32.2. The molecule has 6 rings (SSSR count). The van der Waals surface area contributed by atoms with Crippen LogP contribution in [0.2, 0.25) is 0 Å². The second-order valence-corrected chi connectivity index (χ2v) is 15.7. The van der Waals surface area contributed by atoms with E-state index in [1.54, 1.807) is 22.9 Å². The van der Waals surface area contributed by atoms with E-state index in [9.17, 15) is 35.9 Å². The molecule has 10 nitrogen and oxygen atoms in total.